The van der Waals surface area contributed by atoms with E-state index in [1.165, 1.54) is 24.4 Å². The van der Waals surface area contributed by atoms with Crippen LogP contribution in [0.3, 0.4) is 0 Å². The zero-order valence-electron chi connectivity index (χ0n) is 19.4. The summed E-state index contributed by atoms with van der Waals surface area (Å²) in [6.45, 7) is 2.16. The Hall–Kier alpha value is -4.97. The molecule has 0 bridgehead atoms. The van der Waals surface area contributed by atoms with Gasteiger partial charge in [0.1, 0.15) is 17.7 Å². The number of aromatic hydroxyl groups is 1. The van der Waals surface area contributed by atoms with E-state index in [-0.39, 0.29) is 34.6 Å². The van der Waals surface area contributed by atoms with Crippen LogP contribution in [0.2, 0.25) is 0 Å². The van der Waals surface area contributed by atoms with Gasteiger partial charge >= 0.3 is 0 Å². The molecule has 8 nitrogen and oxygen atoms in total. The van der Waals surface area contributed by atoms with Crippen molar-refractivity contribution in [1.82, 2.24) is 15.3 Å². The molecule has 0 saturated carbocycles. The number of nitrogens with zero attached hydrogens (tertiary/aromatic N) is 3. The zero-order chi connectivity index (χ0) is 25.7. The van der Waals surface area contributed by atoms with Crippen LogP contribution in [0.25, 0.3) is 11.1 Å². The molecule has 0 fully saturated rings. The fourth-order valence-electron chi connectivity index (χ4n) is 3.57. The van der Waals surface area contributed by atoms with Crippen LogP contribution < -0.4 is 16.4 Å². The van der Waals surface area contributed by atoms with Gasteiger partial charge in [0, 0.05) is 24.5 Å². The smallest absolute Gasteiger partial charge is 0.255 e. The van der Waals surface area contributed by atoms with Crippen molar-refractivity contribution >= 4 is 17.5 Å². The number of carbonyl (C=O) groups excluding carboxylic acids is 1. The number of aromatic nitrogens is 2. The lowest BCUT2D eigenvalue weighted by molar-refractivity contribution is 0.0940. The molecule has 0 aliphatic carbocycles. The number of nitriles is 1. The highest BCUT2D eigenvalue weighted by Gasteiger charge is 2.17. The van der Waals surface area contributed by atoms with Gasteiger partial charge in [-0.2, -0.15) is 5.26 Å². The van der Waals surface area contributed by atoms with E-state index in [0.717, 1.165) is 22.3 Å². The lowest BCUT2D eigenvalue weighted by Crippen LogP contribution is -2.28. The maximum Gasteiger partial charge on any atom is 0.255 e. The van der Waals surface area contributed by atoms with Gasteiger partial charge in [-0.25, -0.2) is 14.4 Å². The lowest BCUT2D eigenvalue weighted by atomic mass is 10.1. The van der Waals surface area contributed by atoms with Crippen LogP contribution in [0.15, 0.2) is 73.1 Å². The molecule has 1 atom stereocenters. The van der Waals surface area contributed by atoms with Gasteiger partial charge in [-0.05, 0) is 47.9 Å². The molecule has 0 spiro atoms. The maximum absolute atomic E-state index is 13.2. The molecule has 4 aromatic rings. The number of amides is 1. The molecular formula is C27H23FN6O2. The number of pyridine rings is 2. The van der Waals surface area contributed by atoms with Crippen molar-refractivity contribution in [2.24, 2.45) is 0 Å². The summed E-state index contributed by atoms with van der Waals surface area (Å²) in [7, 11) is 0. The fraction of sp³-hybridized carbons (Fsp3) is 0.111. The largest absolute Gasteiger partial charge is 0.504 e. The van der Waals surface area contributed by atoms with Crippen LogP contribution in [-0.2, 0) is 6.54 Å². The number of halogens is 1. The summed E-state index contributed by atoms with van der Waals surface area (Å²) in [6, 6.07) is 18.1. The van der Waals surface area contributed by atoms with Crippen molar-refractivity contribution in [1.29, 1.82) is 5.26 Å². The molecule has 5 N–H and O–H groups in total. The molecule has 2 heterocycles. The second-order valence-electron chi connectivity index (χ2n) is 8.16. The Kier molecular flexibility index (Phi) is 7.07. The van der Waals surface area contributed by atoms with Crippen molar-refractivity contribution in [2.45, 2.75) is 19.5 Å². The van der Waals surface area contributed by atoms with Crippen molar-refractivity contribution in [2.75, 3.05) is 11.1 Å². The molecular weight excluding hydrogens is 459 g/mol. The molecule has 0 aliphatic heterocycles. The van der Waals surface area contributed by atoms with E-state index in [2.05, 4.69) is 20.6 Å². The van der Waals surface area contributed by atoms with Crippen LogP contribution in [-0.4, -0.2) is 21.0 Å². The monoisotopic (exact) mass is 482 g/mol. The number of carbonyl (C=O) groups is 1. The molecule has 0 radical (unpaired) electrons. The van der Waals surface area contributed by atoms with E-state index in [9.17, 15) is 19.6 Å². The van der Waals surface area contributed by atoms with Gasteiger partial charge in [0.2, 0.25) is 0 Å². The highest BCUT2D eigenvalue weighted by atomic mass is 19.1. The third-order valence-corrected chi connectivity index (χ3v) is 5.62. The summed E-state index contributed by atoms with van der Waals surface area (Å²) < 4.78 is 13.2. The van der Waals surface area contributed by atoms with E-state index in [1.54, 1.807) is 31.3 Å². The summed E-state index contributed by atoms with van der Waals surface area (Å²) >= 11 is 0. The summed E-state index contributed by atoms with van der Waals surface area (Å²) in [5.41, 5.74) is 9.29. The number of nitrogen functional groups attached to an aromatic ring is 1. The predicted octanol–water partition coefficient (Wildman–Crippen LogP) is 4.55. The van der Waals surface area contributed by atoms with Crippen LogP contribution in [0, 0.1) is 17.1 Å². The van der Waals surface area contributed by atoms with Gasteiger partial charge in [-0.3, -0.25) is 4.79 Å². The molecule has 0 saturated heterocycles. The lowest BCUT2D eigenvalue weighted by Gasteiger charge is -2.16. The Labute approximate surface area is 207 Å². The van der Waals surface area contributed by atoms with E-state index >= 15 is 0 Å². The molecule has 36 heavy (non-hydrogen) atoms. The number of hydrogen-bond acceptors (Lipinski definition) is 7. The van der Waals surface area contributed by atoms with Gasteiger partial charge in [0.15, 0.2) is 11.6 Å². The third-order valence-electron chi connectivity index (χ3n) is 5.62. The molecule has 0 aliphatic rings. The van der Waals surface area contributed by atoms with Crippen LogP contribution in [0.5, 0.6) is 5.75 Å². The minimum Gasteiger partial charge on any atom is -0.504 e. The number of rotatable bonds is 7. The average Bonchev–Trinajstić information content (AvgIpc) is 2.89. The highest BCUT2D eigenvalue weighted by molar-refractivity contribution is 5.99. The van der Waals surface area contributed by atoms with E-state index in [1.807, 2.05) is 30.3 Å². The predicted molar refractivity (Wildman–Crippen MR) is 134 cm³/mol. The minimum atomic E-state index is -0.412. The van der Waals surface area contributed by atoms with Crippen molar-refractivity contribution < 1.29 is 14.3 Å². The van der Waals surface area contributed by atoms with Crippen LogP contribution >= 0.6 is 0 Å². The topological polar surface area (TPSA) is 137 Å². The van der Waals surface area contributed by atoms with E-state index < -0.39 is 5.91 Å². The number of anilines is 2. The van der Waals surface area contributed by atoms with Crippen molar-refractivity contribution in [3.8, 4) is 22.9 Å². The normalized spacial score (nSPS) is 11.4. The van der Waals surface area contributed by atoms with Crippen LogP contribution in [0.4, 0.5) is 16.0 Å². The standard InChI is InChI=1S/C27H23FN6O2/c1-16(19-6-8-22(28)9-7-19)34-27(36)23-10-18(12-29)14-33-26(23)32-13-17-2-4-20(5-3-17)21-11-24(35)25(30)31-15-21/h2-11,14-16,35H,13H2,1H3,(H2,30,31)(H,32,33)(H,34,36)/t16-/m0/s1. The Bertz CT molecular complexity index is 1430. The number of benzene rings is 2. The molecule has 9 heteroatoms. The number of nitrogens with two attached hydrogens (primary N) is 1. The van der Waals surface area contributed by atoms with Crippen LogP contribution in [0.1, 0.15) is 40.0 Å². The Morgan fingerprint density at radius 3 is 2.47 bits per heavy atom. The van der Waals surface area contributed by atoms with Gasteiger partial charge in [-0.1, -0.05) is 36.4 Å². The maximum atomic E-state index is 13.2. The first-order valence-electron chi connectivity index (χ1n) is 11.1. The highest BCUT2D eigenvalue weighted by Crippen LogP contribution is 2.26. The van der Waals surface area contributed by atoms with Gasteiger partial charge in [-0.15, -0.1) is 0 Å². The van der Waals surface area contributed by atoms with E-state index in [0.29, 0.717) is 12.4 Å². The first-order valence-corrected chi connectivity index (χ1v) is 11.1. The fourth-order valence-corrected chi connectivity index (χ4v) is 3.57. The second-order valence-corrected chi connectivity index (χ2v) is 8.16. The molecule has 2 aromatic carbocycles. The minimum absolute atomic E-state index is 0.0707. The van der Waals surface area contributed by atoms with Crippen molar-refractivity contribution in [3.63, 3.8) is 0 Å². The Morgan fingerprint density at radius 2 is 1.81 bits per heavy atom. The quantitative estimate of drug-likeness (QED) is 0.303. The molecule has 180 valence electrons. The van der Waals surface area contributed by atoms with Gasteiger partial charge < -0.3 is 21.5 Å². The average molecular weight is 483 g/mol. The SMILES string of the molecule is C[C@H](NC(=O)c1cc(C#N)cnc1NCc1ccc(-c2cnc(N)c(O)c2)cc1)c1ccc(F)cc1. The molecule has 4 rings (SSSR count). The molecule has 2 aromatic heterocycles. The Morgan fingerprint density at radius 1 is 1.08 bits per heavy atom. The first kappa shape index (κ1) is 24.2. The summed E-state index contributed by atoms with van der Waals surface area (Å²) in [6.07, 6.45) is 2.98. The first-order chi connectivity index (χ1) is 17.3. The molecule has 0 unspecified atom stereocenters. The third kappa shape index (κ3) is 5.56. The summed E-state index contributed by atoms with van der Waals surface area (Å²) in [5, 5.41) is 25.1. The van der Waals surface area contributed by atoms with E-state index in [4.69, 9.17) is 5.73 Å². The van der Waals surface area contributed by atoms with Crippen molar-refractivity contribution in [3.05, 3.63) is 101 Å². The number of hydrogen-bond donors (Lipinski definition) is 4. The zero-order valence-corrected chi connectivity index (χ0v) is 19.4. The van der Waals surface area contributed by atoms with Gasteiger partial charge in [0.05, 0.1) is 17.2 Å². The molecule has 1 amide bonds. The summed E-state index contributed by atoms with van der Waals surface area (Å²) in [5.74, 6) is -0.448. The number of nitrogens with one attached hydrogen (secondary N) is 2. The summed E-state index contributed by atoms with van der Waals surface area (Å²) in [4.78, 5) is 21.3. The second kappa shape index (κ2) is 10.5. The van der Waals surface area contributed by atoms with Gasteiger partial charge in [0.25, 0.3) is 5.91 Å². The Balaban J connectivity index is 1.48.